The molecular formula is C20H25N3O2. The van der Waals surface area contributed by atoms with E-state index < -0.39 is 0 Å². The van der Waals surface area contributed by atoms with E-state index in [-0.39, 0.29) is 11.9 Å². The maximum Gasteiger partial charge on any atom is 0.223 e. The van der Waals surface area contributed by atoms with Crippen molar-refractivity contribution in [3.63, 3.8) is 0 Å². The van der Waals surface area contributed by atoms with Crippen molar-refractivity contribution < 1.29 is 9.53 Å². The van der Waals surface area contributed by atoms with Crippen molar-refractivity contribution in [3.05, 3.63) is 59.9 Å². The van der Waals surface area contributed by atoms with E-state index in [1.54, 1.807) is 13.3 Å². The van der Waals surface area contributed by atoms with Gasteiger partial charge in [0.25, 0.3) is 0 Å². The predicted molar refractivity (Wildman–Crippen MR) is 97.5 cm³/mol. The molecule has 1 aromatic heterocycles. The van der Waals surface area contributed by atoms with Gasteiger partial charge in [0.1, 0.15) is 5.75 Å². The Hall–Kier alpha value is -2.40. The van der Waals surface area contributed by atoms with Gasteiger partial charge in [0.2, 0.25) is 5.91 Å². The number of pyridine rings is 1. The molecule has 5 nitrogen and oxygen atoms in total. The van der Waals surface area contributed by atoms with E-state index >= 15 is 0 Å². The first-order valence-corrected chi connectivity index (χ1v) is 8.68. The Morgan fingerprint density at radius 2 is 2.04 bits per heavy atom. The summed E-state index contributed by atoms with van der Waals surface area (Å²) in [6.45, 7) is 2.40. The molecule has 0 radical (unpaired) electrons. The molecule has 1 saturated heterocycles. The molecule has 1 amide bonds. The lowest BCUT2D eigenvalue weighted by Gasteiger charge is -2.39. The quantitative estimate of drug-likeness (QED) is 0.840. The molecule has 0 saturated carbocycles. The lowest BCUT2D eigenvalue weighted by Crippen LogP contribution is -2.49. The zero-order valence-electron chi connectivity index (χ0n) is 14.9. The highest BCUT2D eigenvalue weighted by molar-refractivity contribution is 5.76. The smallest absolute Gasteiger partial charge is 0.223 e. The molecule has 0 bridgehead atoms. The number of ether oxygens (including phenoxy) is 1. The molecular weight excluding hydrogens is 314 g/mol. The first kappa shape index (κ1) is 17.4. The molecule has 0 N–H and O–H groups in total. The highest BCUT2D eigenvalue weighted by Crippen LogP contribution is 2.26. The number of carbonyl (C=O) groups excluding carboxylic acids is 1. The second kappa shape index (κ2) is 8.12. The second-order valence-electron chi connectivity index (χ2n) is 6.47. The van der Waals surface area contributed by atoms with Crippen molar-refractivity contribution in [1.82, 2.24) is 14.8 Å². The van der Waals surface area contributed by atoms with Crippen molar-refractivity contribution in [1.29, 1.82) is 0 Å². The molecule has 5 heteroatoms. The van der Waals surface area contributed by atoms with Crippen molar-refractivity contribution in [2.45, 2.75) is 18.9 Å². The third-order valence-corrected chi connectivity index (χ3v) is 4.85. The van der Waals surface area contributed by atoms with Crippen LogP contribution in [0.5, 0.6) is 5.75 Å². The zero-order chi connectivity index (χ0) is 17.6. The summed E-state index contributed by atoms with van der Waals surface area (Å²) in [6.07, 6.45) is 4.86. The number of carbonyl (C=O) groups is 1. The van der Waals surface area contributed by atoms with E-state index in [4.69, 9.17) is 4.74 Å². The number of likely N-dealkylation sites (N-methyl/N-ethyl adjacent to an activating group) is 1. The Kier molecular flexibility index (Phi) is 5.66. The number of piperazine rings is 1. The molecule has 0 aliphatic carbocycles. The third kappa shape index (κ3) is 4.37. The van der Waals surface area contributed by atoms with E-state index in [1.807, 2.05) is 35.4 Å². The summed E-state index contributed by atoms with van der Waals surface area (Å²) in [7, 11) is 3.79. The monoisotopic (exact) mass is 339 g/mol. The fraction of sp³-hybridized carbons (Fsp3) is 0.400. The largest absolute Gasteiger partial charge is 0.497 e. The van der Waals surface area contributed by atoms with Crippen LogP contribution >= 0.6 is 0 Å². The Labute approximate surface area is 149 Å². The van der Waals surface area contributed by atoms with Crippen LogP contribution < -0.4 is 4.74 Å². The van der Waals surface area contributed by atoms with E-state index in [2.05, 4.69) is 29.1 Å². The molecule has 1 aromatic carbocycles. The maximum atomic E-state index is 12.6. The summed E-state index contributed by atoms with van der Waals surface area (Å²) in [5.41, 5.74) is 2.32. The van der Waals surface area contributed by atoms with Gasteiger partial charge >= 0.3 is 0 Å². The number of hydrogen-bond acceptors (Lipinski definition) is 4. The number of rotatable bonds is 5. The van der Waals surface area contributed by atoms with Gasteiger partial charge in [0, 0.05) is 38.4 Å². The standard InChI is InChI=1S/C20H25N3O2/c1-22-12-13-23(20(24)10-5-16-4-3-11-21-14-16)15-19(22)17-6-8-18(25-2)9-7-17/h3-4,6-9,11,14,19H,5,10,12-13,15H2,1-2H3/t19-/m1/s1. The average Bonchev–Trinajstić information content (AvgIpc) is 2.67. The van der Waals surface area contributed by atoms with Crippen molar-refractivity contribution in [3.8, 4) is 5.75 Å². The fourth-order valence-corrected chi connectivity index (χ4v) is 3.24. The number of nitrogens with zero attached hydrogens (tertiary/aromatic N) is 3. The van der Waals surface area contributed by atoms with Crippen LogP contribution in [0.4, 0.5) is 0 Å². The number of aryl methyl sites for hydroxylation is 1. The van der Waals surface area contributed by atoms with Crippen LogP contribution in [0.1, 0.15) is 23.6 Å². The minimum Gasteiger partial charge on any atom is -0.497 e. The summed E-state index contributed by atoms with van der Waals surface area (Å²) >= 11 is 0. The Balaban J connectivity index is 1.61. The fourth-order valence-electron chi connectivity index (χ4n) is 3.24. The lowest BCUT2D eigenvalue weighted by atomic mass is 10.0. The van der Waals surface area contributed by atoms with Crippen LogP contribution in [0.3, 0.4) is 0 Å². The number of benzene rings is 1. The van der Waals surface area contributed by atoms with Gasteiger partial charge in [0.15, 0.2) is 0 Å². The lowest BCUT2D eigenvalue weighted by molar-refractivity contribution is -0.134. The van der Waals surface area contributed by atoms with Gasteiger partial charge in [-0.05, 0) is 42.8 Å². The second-order valence-corrected chi connectivity index (χ2v) is 6.47. The first-order valence-electron chi connectivity index (χ1n) is 8.68. The van der Waals surface area contributed by atoms with Crippen molar-refractivity contribution in [2.75, 3.05) is 33.8 Å². The van der Waals surface area contributed by atoms with Crippen LogP contribution in [0, 0.1) is 0 Å². The summed E-state index contributed by atoms with van der Waals surface area (Å²) in [5.74, 6) is 1.07. The van der Waals surface area contributed by atoms with Gasteiger partial charge in [-0.2, -0.15) is 0 Å². The average molecular weight is 339 g/mol. The number of aromatic nitrogens is 1. The molecule has 3 rings (SSSR count). The van der Waals surface area contributed by atoms with Gasteiger partial charge in [-0.3, -0.25) is 14.7 Å². The normalized spacial score (nSPS) is 18.2. The molecule has 25 heavy (non-hydrogen) atoms. The highest BCUT2D eigenvalue weighted by Gasteiger charge is 2.28. The minimum absolute atomic E-state index is 0.218. The molecule has 2 heterocycles. The Bertz CT molecular complexity index is 688. The Morgan fingerprint density at radius 1 is 1.24 bits per heavy atom. The van der Waals surface area contributed by atoms with Crippen molar-refractivity contribution >= 4 is 5.91 Å². The van der Waals surface area contributed by atoms with E-state index in [0.29, 0.717) is 6.42 Å². The molecule has 1 atom stereocenters. The van der Waals surface area contributed by atoms with Gasteiger partial charge in [-0.15, -0.1) is 0 Å². The molecule has 1 aliphatic rings. The topological polar surface area (TPSA) is 45.7 Å². The maximum absolute atomic E-state index is 12.6. The first-order chi connectivity index (χ1) is 12.2. The van der Waals surface area contributed by atoms with E-state index in [9.17, 15) is 4.79 Å². The Morgan fingerprint density at radius 3 is 2.72 bits per heavy atom. The predicted octanol–water partition coefficient (Wildman–Crippen LogP) is 2.54. The van der Waals surface area contributed by atoms with Crippen LogP contribution in [-0.4, -0.2) is 54.5 Å². The number of hydrogen-bond donors (Lipinski definition) is 0. The molecule has 2 aromatic rings. The van der Waals surface area contributed by atoms with E-state index in [1.165, 1.54) is 5.56 Å². The van der Waals surface area contributed by atoms with Crippen molar-refractivity contribution in [2.24, 2.45) is 0 Å². The molecule has 132 valence electrons. The van der Waals surface area contributed by atoms with Crippen LogP contribution in [-0.2, 0) is 11.2 Å². The molecule has 1 fully saturated rings. The van der Waals surface area contributed by atoms with E-state index in [0.717, 1.165) is 37.4 Å². The van der Waals surface area contributed by atoms with Gasteiger partial charge < -0.3 is 9.64 Å². The highest BCUT2D eigenvalue weighted by atomic mass is 16.5. The number of methoxy groups -OCH3 is 1. The van der Waals surface area contributed by atoms with Gasteiger partial charge in [-0.1, -0.05) is 18.2 Å². The van der Waals surface area contributed by atoms with Crippen LogP contribution in [0.25, 0.3) is 0 Å². The summed E-state index contributed by atoms with van der Waals surface area (Å²) in [6, 6.07) is 12.3. The molecule has 0 unspecified atom stereocenters. The summed E-state index contributed by atoms with van der Waals surface area (Å²) < 4.78 is 5.23. The molecule has 1 aliphatic heterocycles. The van der Waals surface area contributed by atoms with Gasteiger partial charge in [-0.25, -0.2) is 0 Å². The summed E-state index contributed by atoms with van der Waals surface area (Å²) in [5, 5.41) is 0. The SMILES string of the molecule is COc1ccc([C@H]2CN(C(=O)CCc3cccnc3)CCN2C)cc1. The van der Waals surface area contributed by atoms with Crippen LogP contribution in [0.2, 0.25) is 0 Å². The molecule has 0 spiro atoms. The number of amides is 1. The zero-order valence-corrected chi connectivity index (χ0v) is 14.9. The summed E-state index contributed by atoms with van der Waals surface area (Å²) in [4.78, 5) is 21.0. The van der Waals surface area contributed by atoms with Gasteiger partial charge in [0.05, 0.1) is 13.2 Å². The third-order valence-electron chi connectivity index (χ3n) is 4.85. The minimum atomic E-state index is 0.218. The van der Waals surface area contributed by atoms with Crippen LogP contribution in [0.15, 0.2) is 48.8 Å².